The summed E-state index contributed by atoms with van der Waals surface area (Å²) < 4.78 is 0. The molecule has 0 bridgehead atoms. The maximum Gasteiger partial charge on any atom is 0.326 e. The number of carboxylic acid groups (broad SMARTS) is 1. The molecule has 50 valence electrons. The van der Waals surface area contributed by atoms with Crippen molar-refractivity contribution in [2.75, 3.05) is 0 Å². The Morgan fingerprint density at radius 2 is 2.33 bits per heavy atom. The van der Waals surface area contributed by atoms with Crippen LogP contribution in [0.3, 0.4) is 0 Å². The monoisotopic (exact) mass is 142 g/mol. The third-order valence-corrected chi connectivity index (χ3v) is 2.24. The molecule has 9 heavy (non-hydrogen) atoms. The fourth-order valence-corrected chi connectivity index (χ4v) is 1.05. The zero-order valence-electron chi connectivity index (χ0n) is 5.48. The van der Waals surface area contributed by atoms with Crippen LogP contribution < -0.4 is 0 Å². The van der Waals surface area contributed by atoms with Gasteiger partial charge in [0, 0.05) is 5.20 Å². The molecule has 0 spiro atoms. The van der Waals surface area contributed by atoms with Crippen molar-refractivity contribution in [3.63, 3.8) is 0 Å². The number of hydrogen-bond donors (Lipinski definition) is 1. The summed E-state index contributed by atoms with van der Waals surface area (Å²) in [5, 5.41) is 8.66. The number of carboxylic acids is 1. The number of aliphatic carboxylic acids is 1. The van der Waals surface area contributed by atoms with Crippen molar-refractivity contribution in [2.24, 2.45) is 0 Å². The lowest BCUT2D eigenvalue weighted by Gasteiger charge is -1.93. The summed E-state index contributed by atoms with van der Waals surface area (Å²) in [5.74, 6) is -0.859. The fraction of sp³-hybridized carbons (Fsp3) is 0.500. The zero-order chi connectivity index (χ0) is 7.28. The standard InChI is InChI=1S/C6H10O2Si/c1-3-4-9-5(2)6(7)8/h2-4H2,1H3,(H,7,8). The van der Waals surface area contributed by atoms with E-state index in [1.807, 2.05) is 6.92 Å². The molecule has 0 heterocycles. The van der Waals surface area contributed by atoms with E-state index in [1.165, 1.54) is 0 Å². The SMILES string of the molecule is C=C([Si]CCC)C(=O)O. The van der Waals surface area contributed by atoms with Crippen molar-refractivity contribution in [1.29, 1.82) is 0 Å². The quantitative estimate of drug-likeness (QED) is 0.471. The van der Waals surface area contributed by atoms with Gasteiger partial charge in [-0.15, -0.1) is 0 Å². The molecule has 0 saturated heterocycles. The molecular weight excluding hydrogens is 132 g/mol. The van der Waals surface area contributed by atoms with E-state index in [0.29, 0.717) is 14.7 Å². The first-order valence-electron chi connectivity index (χ1n) is 2.84. The summed E-state index contributed by atoms with van der Waals surface area (Å²) in [6.45, 7) is 5.43. The molecule has 2 radical (unpaired) electrons. The molecule has 0 aliphatic heterocycles. The maximum absolute atomic E-state index is 10.1. The molecule has 0 fully saturated rings. The van der Waals surface area contributed by atoms with Gasteiger partial charge in [0.1, 0.15) is 0 Å². The minimum atomic E-state index is -0.859. The molecule has 0 saturated carbocycles. The molecule has 0 aromatic carbocycles. The van der Waals surface area contributed by atoms with Crippen LogP contribution in [0.25, 0.3) is 0 Å². The second-order valence-electron chi connectivity index (χ2n) is 1.71. The van der Waals surface area contributed by atoms with Crippen molar-refractivity contribution in [2.45, 2.75) is 19.4 Å². The van der Waals surface area contributed by atoms with Gasteiger partial charge in [-0.05, 0) is 0 Å². The van der Waals surface area contributed by atoms with E-state index in [9.17, 15) is 4.79 Å². The average molecular weight is 142 g/mol. The van der Waals surface area contributed by atoms with Crippen LogP contribution in [-0.2, 0) is 4.79 Å². The van der Waals surface area contributed by atoms with E-state index >= 15 is 0 Å². The molecule has 0 aromatic heterocycles. The smallest absolute Gasteiger partial charge is 0.326 e. The van der Waals surface area contributed by atoms with Crippen molar-refractivity contribution in [3.8, 4) is 0 Å². The summed E-state index contributed by atoms with van der Waals surface area (Å²) in [6.07, 6.45) is 1.03. The topological polar surface area (TPSA) is 37.3 Å². The van der Waals surface area contributed by atoms with Gasteiger partial charge in [-0.1, -0.05) is 26.0 Å². The Kier molecular flexibility index (Phi) is 4.04. The third kappa shape index (κ3) is 3.97. The Morgan fingerprint density at radius 3 is 2.67 bits per heavy atom. The third-order valence-electron chi connectivity index (χ3n) is 0.847. The van der Waals surface area contributed by atoms with Gasteiger partial charge in [-0.3, -0.25) is 0 Å². The van der Waals surface area contributed by atoms with Crippen LogP contribution in [0, 0.1) is 0 Å². The molecule has 0 aliphatic carbocycles. The van der Waals surface area contributed by atoms with Gasteiger partial charge in [-0.2, -0.15) is 0 Å². The summed E-state index contributed by atoms with van der Waals surface area (Å²) in [4.78, 5) is 10.1. The molecule has 0 atom stereocenters. The molecule has 1 N–H and O–H groups in total. The van der Waals surface area contributed by atoms with Crippen LogP contribution in [0.1, 0.15) is 13.3 Å². The highest BCUT2D eigenvalue weighted by molar-refractivity contribution is 6.52. The van der Waals surface area contributed by atoms with E-state index in [-0.39, 0.29) is 0 Å². The predicted octanol–water partition coefficient (Wildman–Crippen LogP) is 1.12. The molecule has 0 rings (SSSR count). The van der Waals surface area contributed by atoms with Gasteiger partial charge in [0.15, 0.2) is 0 Å². The lowest BCUT2D eigenvalue weighted by molar-refractivity contribution is -0.131. The van der Waals surface area contributed by atoms with Gasteiger partial charge in [-0.25, -0.2) is 4.79 Å². The normalized spacial score (nSPS) is 9.00. The molecule has 0 unspecified atom stereocenters. The van der Waals surface area contributed by atoms with Gasteiger partial charge in [0.05, 0.1) is 9.52 Å². The second-order valence-corrected chi connectivity index (χ2v) is 3.17. The van der Waals surface area contributed by atoms with Crippen molar-refractivity contribution >= 4 is 15.5 Å². The summed E-state index contributed by atoms with van der Waals surface area (Å²) in [5.41, 5.74) is 0. The van der Waals surface area contributed by atoms with Crippen molar-refractivity contribution < 1.29 is 9.90 Å². The lowest BCUT2D eigenvalue weighted by Crippen LogP contribution is -2.05. The average Bonchev–Trinajstić information content (AvgIpc) is 1.82. The largest absolute Gasteiger partial charge is 0.478 e. The van der Waals surface area contributed by atoms with Gasteiger partial charge in [0.2, 0.25) is 0 Å². The second kappa shape index (κ2) is 4.32. The minimum Gasteiger partial charge on any atom is -0.478 e. The summed E-state index contributed by atoms with van der Waals surface area (Å²) >= 11 is 0. The van der Waals surface area contributed by atoms with Gasteiger partial charge in [0.25, 0.3) is 0 Å². The molecular formula is C6H10O2Si. The van der Waals surface area contributed by atoms with E-state index in [0.717, 1.165) is 12.5 Å². The van der Waals surface area contributed by atoms with Crippen LogP contribution in [-0.4, -0.2) is 20.6 Å². The van der Waals surface area contributed by atoms with Crippen LogP contribution in [0.5, 0.6) is 0 Å². The Bertz CT molecular complexity index is 120. The van der Waals surface area contributed by atoms with Crippen molar-refractivity contribution in [3.05, 3.63) is 11.8 Å². The molecule has 2 nitrogen and oxygen atoms in total. The maximum atomic E-state index is 10.1. The van der Waals surface area contributed by atoms with E-state index < -0.39 is 5.97 Å². The summed E-state index contributed by atoms with van der Waals surface area (Å²) in [7, 11) is 0.392. The fourth-order valence-electron chi connectivity index (χ4n) is 0.352. The Hall–Kier alpha value is -0.573. The first kappa shape index (κ1) is 8.43. The van der Waals surface area contributed by atoms with Gasteiger partial charge < -0.3 is 5.11 Å². The Morgan fingerprint density at radius 1 is 1.78 bits per heavy atom. The van der Waals surface area contributed by atoms with Gasteiger partial charge >= 0.3 is 5.97 Å². The Balaban J connectivity index is 3.39. The first-order chi connectivity index (χ1) is 4.18. The highest BCUT2D eigenvalue weighted by Crippen LogP contribution is 1.93. The zero-order valence-corrected chi connectivity index (χ0v) is 6.48. The van der Waals surface area contributed by atoms with E-state index in [1.54, 1.807) is 0 Å². The Labute approximate surface area is 57.4 Å². The van der Waals surface area contributed by atoms with E-state index in [2.05, 4.69) is 6.58 Å². The van der Waals surface area contributed by atoms with Crippen LogP contribution >= 0.6 is 0 Å². The van der Waals surface area contributed by atoms with Crippen molar-refractivity contribution in [1.82, 2.24) is 0 Å². The first-order valence-corrected chi connectivity index (χ1v) is 4.05. The molecule has 3 heteroatoms. The molecule has 0 aromatic rings. The van der Waals surface area contributed by atoms with Crippen LogP contribution in [0.2, 0.25) is 6.04 Å². The van der Waals surface area contributed by atoms with E-state index in [4.69, 9.17) is 5.11 Å². The van der Waals surface area contributed by atoms with Crippen LogP contribution in [0.4, 0.5) is 0 Å². The molecule has 0 aliphatic rings. The van der Waals surface area contributed by atoms with Crippen LogP contribution in [0.15, 0.2) is 11.8 Å². The highest BCUT2D eigenvalue weighted by Gasteiger charge is 2.01. The minimum absolute atomic E-state index is 0.344. The number of carbonyl (C=O) groups is 1. The summed E-state index contributed by atoms with van der Waals surface area (Å²) in [6, 6.07) is 0.950. The predicted molar refractivity (Wildman–Crippen MR) is 37.6 cm³/mol. The number of hydrogen-bond acceptors (Lipinski definition) is 1. The number of rotatable bonds is 4. The highest BCUT2D eigenvalue weighted by atomic mass is 28.2. The lowest BCUT2D eigenvalue weighted by atomic mass is 10.6. The molecule has 0 amide bonds.